The molecular formula is C9H12N2O2. The molecule has 0 saturated carbocycles. The molecule has 4 heteroatoms. The summed E-state index contributed by atoms with van der Waals surface area (Å²) in [4.78, 5) is 14.1. The number of hydrogen-bond donors (Lipinski definition) is 2. The Kier molecular flexibility index (Phi) is 3.40. The summed E-state index contributed by atoms with van der Waals surface area (Å²) in [6.45, 7) is 2.51. The molecule has 0 aliphatic rings. The number of pyridine rings is 1. The smallest absolute Gasteiger partial charge is 0.317 e. The molecule has 0 atom stereocenters. The summed E-state index contributed by atoms with van der Waals surface area (Å²) < 4.78 is 0. The lowest BCUT2D eigenvalue weighted by Crippen LogP contribution is -2.22. The molecule has 1 heterocycles. The maximum atomic E-state index is 10.2. The maximum Gasteiger partial charge on any atom is 0.317 e. The van der Waals surface area contributed by atoms with Crippen LogP contribution in [0.25, 0.3) is 0 Å². The number of rotatable bonds is 4. The molecule has 0 spiro atoms. The van der Waals surface area contributed by atoms with E-state index in [9.17, 15) is 4.79 Å². The molecule has 0 aromatic carbocycles. The van der Waals surface area contributed by atoms with E-state index in [1.165, 1.54) is 0 Å². The molecule has 0 bridgehead atoms. The molecule has 0 saturated heterocycles. The van der Waals surface area contributed by atoms with Gasteiger partial charge < -0.3 is 10.4 Å². The van der Waals surface area contributed by atoms with Gasteiger partial charge in [0, 0.05) is 18.9 Å². The van der Waals surface area contributed by atoms with Gasteiger partial charge in [-0.15, -0.1) is 0 Å². The topological polar surface area (TPSA) is 62.2 Å². The second-order valence-electron chi connectivity index (χ2n) is 2.80. The lowest BCUT2D eigenvalue weighted by molar-refractivity contribution is -0.135. The van der Waals surface area contributed by atoms with Crippen molar-refractivity contribution >= 4 is 5.97 Å². The van der Waals surface area contributed by atoms with Crippen LogP contribution in [0.2, 0.25) is 0 Å². The minimum atomic E-state index is -0.841. The Hall–Kier alpha value is -1.42. The number of carboxylic acid groups (broad SMARTS) is 1. The number of carbonyl (C=O) groups is 1. The summed E-state index contributed by atoms with van der Waals surface area (Å²) in [5.41, 5.74) is 2.15. The van der Waals surface area contributed by atoms with Crippen LogP contribution in [0.15, 0.2) is 18.5 Å². The summed E-state index contributed by atoms with van der Waals surface area (Å²) >= 11 is 0. The number of hydrogen-bond acceptors (Lipinski definition) is 3. The molecule has 0 unspecified atom stereocenters. The number of nitrogens with one attached hydrogen (secondary N) is 1. The first kappa shape index (κ1) is 9.67. The number of aryl methyl sites for hydroxylation is 1. The highest BCUT2D eigenvalue weighted by Crippen LogP contribution is 2.03. The van der Waals surface area contributed by atoms with Gasteiger partial charge in [0.2, 0.25) is 0 Å². The SMILES string of the molecule is Cc1cnccc1CNCC(=O)O. The predicted octanol–water partition coefficient (Wildman–Crippen LogP) is 0.564. The molecule has 4 nitrogen and oxygen atoms in total. The van der Waals surface area contributed by atoms with E-state index in [0.29, 0.717) is 6.54 Å². The lowest BCUT2D eigenvalue weighted by atomic mass is 10.1. The highest BCUT2D eigenvalue weighted by Gasteiger charge is 1.98. The van der Waals surface area contributed by atoms with Gasteiger partial charge in [-0.25, -0.2) is 0 Å². The van der Waals surface area contributed by atoms with Gasteiger partial charge in [0.05, 0.1) is 6.54 Å². The molecule has 0 fully saturated rings. The summed E-state index contributed by atoms with van der Waals surface area (Å²) in [5.74, 6) is -0.841. The van der Waals surface area contributed by atoms with E-state index in [2.05, 4.69) is 10.3 Å². The minimum Gasteiger partial charge on any atom is -0.480 e. The van der Waals surface area contributed by atoms with Crippen LogP contribution in [-0.2, 0) is 11.3 Å². The minimum absolute atomic E-state index is 0.0121. The van der Waals surface area contributed by atoms with E-state index in [0.717, 1.165) is 11.1 Å². The Balaban J connectivity index is 2.45. The van der Waals surface area contributed by atoms with Crippen LogP contribution in [0.5, 0.6) is 0 Å². The van der Waals surface area contributed by atoms with E-state index in [4.69, 9.17) is 5.11 Å². The van der Waals surface area contributed by atoms with Crippen LogP contribution < -0.4 is 5.32 Å². The zero-order valence-electron chi connectivity index (χ0n) is 7.45. The van der Waals surface area contributed by atoms with Crippen LogP contribution in [-0.4, -0.2) is 22.6 Å². The van der Waals surface area contributed by atoms with Gasteiger partial charge in [-0.2, -0.15) is 0 Å². The molecule has 0 aliphatic heterocycles. The van der Waals surface area contributed by atoms with Gasteiger partial charge in [0.25, 0.3) is 0 Å². The van der Waals surface area contributed by atoms with E-state index in [-0.39, 0.29) is 6.54 Å². The van der Waals surface area contributed by atoms with Gasteiger partial charge >= 0.3 is 5.97 Å². The predicted molar refractivity (Wildman–Crippen MR) is 48.3 cm³/mol. The van der Waals surface area contributed by atoms with Crippen molar-refractivity contribution in [2.24, 2.45) is 0 Å². The Labute approximate surface area is 76.6 Å². The molecule has 2 N–H and O–H groups in total. The number of carboxylic acids is 1. The van der Waals surface area contributed by atoms with Gasteiger partial charge in [-0.1, -0.05) is 0 Å². The van der Waals surface area contributed by atoms with E-state index < -0.39 is 5.97 Å². The van der Waals surface area contributed by atoms with Crippen molar-refractivity contribution in [3.8, 4) is 0 Å². The fourth-order valence-corrected chi connectivity index (χ4v) is 1.00. The third kappa shape index (κ3) is 3.21. The second kappa shape index (κ2) is 4.57. The van der Waals surface area contributed by atoms with Crippen LogP contribution >= 0.6 is 0 Å². The first-order valence-electron chi connectivity index (χ1n) is 4.02. The number of aromatic nitrogens is 1. The quantitative estimate of drug-likeness (QED) is 0.710. The molecule has 0 amide bonds. The van der Waals surface area contributed by atoms with Gasteiger partial charge in [-0.05, 0) is 24.1 Å². The average molecular weight is 180 g/mol. The highest BCUT2D eigenvalue weighted by atomic mass is 16.4. The fraction of sp³-hybridized carbons (Fsp3) is 0.333. The summed E-state index contributed by atoms with van der Waals surface area (Å²) in [6, 6.07) is 1.88. The zero-order chi connectivity index (χ0) is 9.68. The van der Waals surface area contributed by atoms with Gasteiger partial charge in [0.1, 0.15) is 0 Å². The van der Waals surface area contributed by atoms with Crippen molar-refractivity contribution < 1.29 is 9.90 Å². The van der Waals surface area contributed by atoms with Crippen molar-refractivity contribution in [2.75, 3.05) is 6.54 Å². The van der Waals surface area contributed by atoms with Crippen LogP contribution in [0.3, 0.4) is 0 Å². The van der Waals surface area contributed by atoms with E-state index >= 15 is 0 Å². The normalized spacial score (nSPS) is 9.92. The van der Waals surface area contributed by atoms with Crippen LogP contribution in [0.1, 0.15) is 11.1 Å². The van der Waals surface area contributed by atoms with Crippen molar-refractivity contribution in [1.82, 2.24) is 10.3 Å². The molecule has 0 aliphatic carbocycles. The molecule has 1 rings (SSSR count). The second-order valence-corrected chi connectivity index (χ2v) is 2.80. The van der Waals surface area contributed by atoms with Crippen molar-refractivity contribution in [1.29, 1.82) is 0 Å². The molecule has 13 heavy (non-hydrogen) atoms. The average Bonchev–Trinajstić information content (AvgIpc) is 2.08. The van der Waals surface area contributed by atoms with Crippen molar-refractivity contribution in [2.45, 2.75) is 13.5 Å². The van der Waals surface area contributed by atoms with Gasteiger partial charge in [0.15, 0.2) is 0 Å². The summed E-state index contributed by atoms with van der Waals surface area (Å²) in [7, 11) is 0. The Bertz CT molecular complexity index is 299. The summed E-state index contributed by atoms with van der Waals surface area (Å²) in [5, 5.41) is 11.2. The Morgan fingerprint density at radius 2 is 2.46 bits per heavy atom. The number of nitrogens with zero attached hydrogens (tertiary/aromatic N) is 1. The monoisotopic (exact) mass is 180 g/mol. The zero-order valence-corrected chi connectivity index (χ0v) is 7.45. The Morgan fingerprint density at radius 1 is 1.69 bits per heavy atom. The third-order valence-electron chi connectivity index (χ3n) is 1.73. The maximum absolute atomic E-state index is 10.2. The molecular weight excluding hydrogens is 168 g/mol. The molecule has 1 aromatic heterocycles. The lowest BCUT2D eigenvalue weighted by Gasteiger charge is -2.04. The molecule has 1 aromatic rings. The van der Waals surface area contributed by atoms with E-state index in [1.54, 1.807) is 12.4 Å². The van der Waals surface area contributed by atoms with Crippen LogP contribution in [0.4, 0.5) is 0 Å². The van der Waals surface area contributed by atoms with E-state index in [1.807, 2.05) is 13.0 Å². The van der Waals surface area contributed by atoms with Crippen molar-refractivity contribution in [3.63, 3.8) is 0 Å². The molecule has 0 radical (unpaired) electrons. The standard InChI is InChI=1S/C9H12N2O2/c1-7-4-10-3-2-8(7)5-11-6-9(12)13/h2-4,11H,5-6H2,1H3,(H,12,13). The molecule has 70 valence electrons. The van der Waals surface area contributed by atoms with Crippen molar-refractivity contribution in [3.05, 3.63) is 29.6 Å². The first-order chi connectivity index (χ1) is 6.20. The van der Waals surface area contributed by atoms with Gasteiger partial charge in [-0.3, -0.25) is 9.78 Å². The first-order valence-corrected chi connectivity index (χ1v) is 4.02. The summed E-state index contributed by atoms with van der Waals surface area (Å²) in [6.07, 6.45) is 3.46. The largest absolute Gasteiger partial charge is 0.480 e. The fourth-order valence-electron chi connectivity index (χ4n) is 1.00. The third-order valence-corrected chi connectivity index (χ3v) is 1.73. The Morgan fingerprint density at radius 3 is 3.08 bits per heavy atom. The highest BCUT2D eigenvalue weighted by molar-refractivity contribution is 5.68. The number of aliphatic carboxylic acids is 1. The van der Waals surface area contributed by atoms with Crippen LogP contribution in [0, 0.1) is 6.92 Å².